The first-order valence-electron chi connectivity index (χ1n) is 11.2. The number of fused-ring (bicyclic) bond motifs is 1. The first kappa shape index (κ1) is 22.9. The van der Waals surface area contributed by atoms with E-state index in [-0.39, 0.29) is 17.8 Å². The van der Waals surface area contributed by atoms with E-state index in [4.69, 9.17) is 9.84 Å². The fourth-order valence-corrected chi connectivity index (χ4v) is 4.56. The molecule has 1 atom stereocenters. The number of H-pyrrole nitrogens is 1. The number of hydrogen-bond donors (Lipinski definition) is 3. The molecule has 3 aromatic carbocycles. The summed E-state index contributed by atoms with van der Waals surface area (Å²) in [6.45, 7) is 0. The number of methoxy groups -OCH3 is 1. The van der Waals surface area contributed by atoms with Crippen LogP contribution in [0, 0.1) is 0 Å². The van der Waals surface area contributed by atoms with Crippen molar-refractivity contribution in [3.05, 3.63) is 101 Å². The van der Waals surface area contributed by atoms with Gasteiger partial charge >= 0.3 is 5.97 Å². The maximum atomic E-state index is 13.4. The van der Waals surface area contributed by atoms with Crippen molar-refractivity contribution in [1.29, 1.82) is 0 Å². The number of rotatable bonds is 6. The molecule has 2 heterocycles. The monoisotopic (exact) mass is 482 g/mol. The van der Waals surface area contributed by atoms with E-state index in [9.17, 15) is 19.5 Å². The van der Waals surface area contributed by atoms with Crippen molar-refractivity contribution in [3.63, 3.8) is 0 Å². The third kappa shape index (κ3) is 3.88. The number of benzene rings is 3. The summed E-state index contributed by atoms with van der Waals surface area (Å²) in [5.74, 6) is -2.25. The van der Waals surface area contributed by atoms with Gasteiger partial charge in [-0.15, -0.1) is 0 Å². The smallest absolute Gasteiger partial charge is 0.307 e. The quantitative estimate of drug-likeness (QED) is 0.212. The van der Waals surface area contributed by atoms with Gasteiger partial charge in [-0.25, -0.2) is 0 Å². The third-order valence-electron chi connectivity index (χ3n) is 6.29. The van der Waals surface area contributed by atoms with Crippen LogP contribution in [-0.2, 0) is 20.8 Å². The summed E-state index contributed by atoms with van der Waals surface area (Å²) < 4.78 is 5.25. The second-order valence-electron chi connectivity index (χ2n) is 8.43. The summed E-state index contributed by atoms with van der Waals surface area (Å²) in [4.78, 5) is 42.2. The lowest BCUT2D eigenvalue weighted by molar-refractivity contribution is -0.136. The minimum Gasteiger partial charge on any atom is -0.507 e. The number of Topliss-reactive ketones (excluding diaryl/α,β-unsaturated/α-hetero) is 1. The molecule has 0 saturated carbocycles. The molecule has 1 unspecified atom stereocenters. The summed E-state index contributed by atoms with van der Waals surface area (Å²) in [6.07, 6.45) is 1.45. The highest BCUT2D eigenvalue weighted by molar-refractivity contribution is 6.51. The van der Waals surface area contributed by atoms with Crippen LogP contribution in [0.25, 0.3) is 16.7 Å². The van der Waals surface area contributed by atoms with Gasteiger partial charge in [-0.05, 0) is 41.5 Å². The lowest BCUT2D eigenvalue weighted by Crippen LogP contribution is -2.29. The lowest BCUT2D eigenvalue weighted by atomic mass is 9.95. The Morgan fingerprint density at radius 1 is 0.972 bits per heavy atom. The molecule has 3 N–H and O–H groups in total. The molecule has 8 heteroatoms. The Hall–Kier alpha value is -4.85. The molecule has 1 fully saturated rings. The highest BCUT2D eigenvalue weighted by Gasteiger charge is 2.47. The SMILES string of the molecule is COc1ccc(C2/C(=C(/O)c3c[nH]c4ccccc34)C(=O)C(=O)N2c2ccc(CC(=O)O)cc2)cc1. The fourth-order valence-electron chi connectivity index (χ4n) is 4.56. The number of carbonyl (C=O) groups is 3. The predicted molar refractivity (Wildman–Crippen MR) is 134 cm³/mol. The van der Waals surface area contributed by atoms with Gasteiger partial charge < -0.3 is 19.9 Å². The molecule has 1 aliphatic rings. The van der Waals surface area contributed by atoms with Crippen molar-refractivity contribution in [2.75, 3.05) is 12.0 Å². The number of aromatic nitrogens is 1. The Kier molecular flexibility index (Phi) is 5.77. The van der Waals surface area contributed by atoms with E-state index >= 15 is 0 Å². The molecule has 1 saturated heterocycles. The number of aliphatic carboxylic acids is 1. The lowest BCUT2D eigenvalue weighted by Gasteiger charge is -2.25. The van der Waals surface area contributed by atoms with E-state index in [0.29, 0.717) is 33.5 Å². The molecule has 0 aliphatic carbocycles. The van der Waals surface area contributed by atoms with Crippen molar-refractivity contribution in [2.45, 2.75) is 12.5 Å². The molecule has 8 nitrogen and oxygen atoms in total. The normalized spacial score (nSPS) is 17.0. The zero-order valence-corrected chi connectivity index (χ0v) is 19.3. The van der Waals surface area contributed by atoms with Crippen LogP contribution in [0.3, 0.4) is 0 Å². The molecule has 5 rings (SSSR count). The highest BCUT2D eigenvalue weighted by atomic mass is 16.5. The number of nitrogens with zero attached hydrogens (tertiary/aromatic N) is 1. The van der Waals surface area contributed by atoms with Crippen LogP contribution >= 0.6 is 0 Å². The Balaban J connectivity index is 1.68. The first-order valence-corrected chi connectivity index (χ1v) is 11.2. The van der Waals surface area contributed by atoms with Gasteiger partial charge in [0, 0.05) is 28.4 Å². The number of carbonyl (C=O) groups excluding carboxylic acids is 2. The summed E-state index contributed by atoms with van der Waals surface area (Å²) in [5.41, 5.74) is 2.73. The van der Waals surface area contributed by atoms with Gasteiger partial charge in [0.1, 0.15) is 11.5 Å². The zero-order valence-electron chi connectivity index (χ0n) is 19.3. The molecular formula is C28H22N2O6. The first-order chi connectivity index (χ1) is 17.4. The Labute approximate surface area is 206 Å². The van der Waals surface area contributed by atoms with Gasteiger partial charge in [0.2, 0.25) is 0 Å². The Morgan fingerprint density at radius 2 is 1.67 bits per heavy atom. The topological polar surface area (TPSA) is 120 Å². The van der Waals surface area contributed by atoms with E-state index in [1.54, 1.807) is 54.7 Å². The van der Waals surface area contributed by atoms with E-state index in [2.05, 4.69) is 4.98 Å². The van der Waals surface area contributed by atoms with Crippen LogP contribution in [-0.4, -0.2) is 40.0 Å². The number of anilines is 1. The number of aliphatic hydroxyl groups excluding tert-OH is 1. The molecule has 0 radical (unpaired) electrons. The molecule has 180 valence electrons. The van der Waals surface area contributed by atoms with Crippen LogP contribution in [0.5, 0.6) is 5.75 Å². The average molecular weight is 482 g/mol. The van der Waals surface area contributed by atoms with Gasteiger partial charge in [-0.3, -0.25) is 19.3 Å². The molecule has 0 bridgehead atoms. The standard InChI is InChI=1S/C28H22N2O6/c1-36-19-12-8-17(9-13-19)25-24(26(33)21-15-29-22-5-3-2-4-20(21)22)27(34)28(35)30(25)18-10-6-16(7-11-18)14-23(31)32/h2-13,15,25,29,33H,14H2,1H3,(H,31,32)/b26-24-. The number of carboxylic acid groups (broad SMARTS) is 1. The number of nitrogens with one attached hydrogen (secondary N) is 1. The number of carboxylic acids is 1. The molecule has 1 aliphatic heterocycles. The van der Waals surface area contributed by atoms with Gasteiger partial charge in [0.25, 0.3) is 11.7 Å². The molecular weight excluding hydrogens is 460 g/mol. The minimum atomic E-state index is -0.972. The van der Waals surface area contributed by atoms with Crippen molar-refractivity contribution in [3.8, 4) is 5.75 Å². The number of para-hydroxylation sites is 1. The van der Waals surface area contributed by atoms with Gasteiger partial charge in [-0.2, -0.15) is 0 Å². The number of aromatic amines is 1. The van der Waals surface area contributed by atoms with Crippen LogP contribution in [0.4, 0.5) is 5.69 Å². The highest BCUT2D eigenvalue weighted by Crippen LogP contribution is 2.43. The Bertz CT molecular complexity index is 1520. The summed E-state index contributed by atoms with van der Waals surface area (Å²) in [6, 6.07) is 19.8. The van der Waals surface area contributed by atoms with Gasteiger partial charge in [0.15, 0.2) is 0 Å². The van der Waals surface area contributed by atoms with Crippen LogP contribution < -0.4 is 9.64 Å². The van der Waals surface area contributed by atoms with E-state index in [1.165, 1.54) is 12.0 Å². The second-order valence-corrected chi connectivity index (χ2v) is 8.43. The van der Waals surface area contributed by atoms with E-state index < -0.39 is 23.7 Å². The van der Waals surface area contributed by atoms with Crippen molar-refractivity contribution in [1.82, 2.24) is 4.98 Å². The Morgan fingerprint density at radius 3 is 2.33 bits per heavy atom. The summed E-state index contributed by atoms with van der Waals surface area (Å²) >= 11 is 0. The number of aliphatic hydroxyl groups is 1. The van der Waals surface area contributed by atoms with Gasteiger partial charge in [0.05, 0.1) is 25.1 Å². The van der Waals surface area contributed by atoms with E-state index in [0.717, 1.165) is 5.52 Å². The van der Waals surface area contributed by atoms with Crippen molar-refractivity contribution >= 4 is 40.0 Å². The maximum Gasteiger partial charge on any atom is 0.307 e. The summed E-state index contributed by atoms with van der Waals surface area (Å²) in [5, 5.41) is 21.2. The largest absolute Gasteiger partial charge is 0.507 e. The molecule has 4 aromatic rings. The van der Waals surface area contributed by atoms with Crippen molar-refractivity contribution < 1.29 is 29.3 Å². The third-order valence-corrected chi connectivity index (χ3v) is 6.29. The maximum absolute atomic E-state index is 13.4. The average Bonchev–Trinajstić information content (AvgIpc) is 3.43. The summed E-state index contributed by atoms with van der Waals surface area (Å²) in [7, 11) is 1.54. The second kappa shape index (κ2) is 9.07. The molecule has 0 spiro atoms. The molecule has 36 heavy (non-hydrogen) atoms. The number of ketones is 1. The number of amides is 1. The minimum absolute atomic E-state index is 0.0375. The zero-order chi connectivity index (χ0) is 25.4. The van der Waals surface area contributed by atoms with Crippen LogP contribution in [0.15, 0.2) is 84.6 Å². The predicted octanol–water partition coefficient (Wildman–Crippen LogP) is 4.43. The van der Waals surface area contributed by atoms with Gasteiger partial charge in [-0.1, -0.05) is 42.5 Å². The fraction of sp³-hybridized carbons (Fsp3) is 0.107. The van der Waals surface area contributed by atoms with Crippen molar-refractivity contribution in [2.24, 2.45) is 0 Å². The molecule has 1 amide bonds. The molecule has 1 aromatic heterocycles. The van der Waals surface area contributed by atoms with E-state index in [1.807, 2.05) is 24.3 Å². The van der Waals surface area contributed by atoms with Crippen LogP contribution in [0.2, 0.25) is 0 Å². The number of ether oxygens (including phenoxy) is 1. The number of hydrogen-bond acceptors (Lipinski definition) is 5. The van der Waals surface area contributed by atoms with Crippen LogP contribution in [0.1, 0.15) is 22.7 Å².